The van der Waals surface area contributed by atoms with Gasteiger partial charge in [-0.05, 0) is 19.9 Å². The summed E-state index contributed by atoms with van der Waals surface area (Å²) in [5, 5.41) is 8.22. The summed E-state index contributed by atoms with van der Waals surface area (Å²) in [7, 11) is 1.88. The Balaban J connectivity index is 2.26. The van der Waals surface area contributed by atoms with Crippen molar-refractivity contribution in [2.75, 3.05) is 19.7 Å². The molecule has 0 saturated heterocycles. The molecule has 1 rings (SSSR count). The summed E-state index contributed by atoms with van der Waals surface area (Å²) >= 11 is 6.10. The van der Waals surface area contributed by atoms with Gasteiger partial charge in [0.1, 0.15) is 0 Å². The third kappa shape index (κ3) is 3.77. The van der Waals surface area contributed by atoms with Gasteiger partial charge in [0.25, 0.3) is 0 Å². The van der Waals surface area contributed by atoms with E-state index < -0.39 is 0 Å². The number of hydrogen-bond donors (Lipinski definition) is 1. The summed E-state index contributed by atoms with van der Waals surface area (Å²) in [5.74, 6) is 0. The number of rotatable bonds is 7. The summed E-state index contributed by atoms with van der Waals surface area (Å²) in [6.45, 7) is 7.17. The first-order chi connectivity index (χ1) is 7.66. The number of nitrogens with zero attached hydrogens (tertiary/aromatic N) is 2. The van der Waals surface area contributed by atoms with Gasteiger partial charge in [-0.1, -0.05) is 18.5 Å². The normalized spacial score (nSPS) is 11.0. The van der Waals surface area contributed by atoms with E-state index in [-0.39, 0.29) is 0 Å². The zero-order valence-electron chi connectivity index (χ0n) is 10.2. The van der Waals surface area contributed by atoms with E-state index in [1.54, 1.807) is 4.68 Å². The number of ether oxygens (including phenoxy) is 1. The van der Waals surface area contributed by atoms with E-state index in [1.165, 1.54) is 0 Å². The van der Waals surface area contributed by atoms with Gasteiger partial charge in [0.2, 0.25) is 0 Å². The maximum Gasteiger partial charge on any atom is 0.0900 e. The Morgan fingerprint density at radius 2 is 2.19 bits per heavy atom. The van der Waals surface area contributed by atoms with Gasteiger partial charge in [-0.3, -0.25) is 4.68 Å². The zero-order chi connectivity index (χ0) is 12.0. The second kappa shape index (κ2) is 6.89. The van der Waals surface area contributed by atoms with Crippen LogP contribution in [0.1, 0.15) is 24.7 Å². The number of nitrogens with one attached hydrogen (secondary N) is 1. The number of aryl methyl sites for hydroxylation is 2. The van der Waals surface area contributed by atoms with Gasteiger partial charge in [-0.25, -0.2) is 0 Å². The van der Waals surface area contributed by atoms with Gasteiger partial charge < -0.3 is 10.1 Å². The van der Waals surface area contributed by atoms with Gasteiger partial charge >= 0.3 is 0 Å². The lowest BCUT2D eigenvalue weighted by Crippen LogP contribution is -2.20. The highest BCUT2D eigenvalue weighted by Gasteiger charge is 2.10. The average molecular weight is 246 g/mol. The predicted octanol–water partition coefficient (Wildman–Crippen LogP) is 1.90. The molecule has 0 spiro atoms. The van der Waals surface area contributed by atoms with Crippen molar-refractivity contribution >= 4 is 11.6 Å². The quantitative estimate of drug-likeness (QED) is 0.746. The Labute approximate surface area is 102 Å². The Kier molecular flexibility index (Phi) is 5.80. The van der Waals surface area contributed by atoms with Crippen molar-refractivity contribution in [2.24, 2.45) is 7.05 Å². The van der Waals surface area contributed by atoms with Gasteiger partial charge in [-0.15, -0.1) is 0 Å². The summed E-state index contributed by atoms with van der Waals surface area (Å²) < 4.78 is 7.31. The molecule has 0 bridgehead atoms. The minimum Gasteiger partial charge on any atom is -0.374 e. The maximum absolute atomic E-state index is 6.10. The van der Waals surface area contributed by atoms with Crippen molar-refractivity contribution in [3.8, 4) is 0 Å². The minimum atomic E-state index is 0.518. The van der Waals surface area contributed by atoms with Crippen LogP contribution in [0.15, 0.2) is 0 Å². The summed E-state index contributed by atoms with van der Waals surface area (Å²) in [6.07, 6.45) is 1.15. The molecule has 1 aromatic rings. The van der Waals surface area contributed by atoms with E-state index in [1.807, 2.05) is 14.0 Å². The largest absolute Gasteiger partial charge is 0.374 e. The smallest absolute Gasteiger partial charge is 0.0900 e. The molecule has 92 valence electrons. The maximum atomic E-state index is 6.10. The fourth-order valence-electron chi connectivity index (χ4n) is 1.45. The standard InChI is InChI=1S/C11H20ClN3O/c1-4-5-13-6-7-16-8-10-11(12)9(2)14-15(10)3/h13H,4-8H2,1-3H3. The summed E-state index contributed by atoms with van der Waals surface area (Å²) in [6, 6.07) is 0. The molecule has 0 aliphatic carbocycles. The highest BCUT2D eigenvalue weighted by Crippen LogP contribution is 2.19. The SMILES string of the molecule is CCCNCCOCc1c(Cl)c(C)nn1C. The van der Waals surface area contributed by atoms with Crippen molar-refractivity contribution in [1.82, 2.24) is 15.1 Å². The zero-order valence-corrected chi connectivity index (χ0v) is 11.0. The topological polar surface area (TPSA) is 39.1 Å². The van der Waals surface area contributed by atoms with Gasteiger partial charge in [0.15, 0.2) is 0 Å². The first-order valence-corrected chi connectivity index (χ1v) is 6.01. The first-order valence-electron chi connectivity index (χ1n) is 5.63. The van der Waals surface area contributed by atoms with E-state index in [0.29, 0.717) is 18.2 Å². The average Bonchev–Trinajstić information content (AvgIpc) is 2.49. The lowest BCUT2D eigenvalue weighted by atomic mass is 10.4. The second-order valence-electron chi connectivity index (χ2n) is 3.77. The molecule has 0 aliphatic rings. The van der Waals surface area contributed by atoms with Crippen LogP contribution in [0, 0.1) is 6.92 Å². The molecule has 0 aromatic carbocycles. The molecule has 4 nitrogen and oxygen atoms in total. The van der Waals surface area contributed by atoms with Crippen molar-refractivity contribution in [1.29, 1.82) is 0 Å². The van der Waals surface area contributed by atoms with E-state index >= 15 is 0 Å². The van der Waals surface area contributed by atoms with Crippen LogP contribution < -0.4 is 5.32 Å². The fourth-order valence-corrected chi connectivity index (χ4v) is 1.67. The van der Waals surface area contributed by atoms with Crippen LogP contribution in [0.2, 0.25) is 5.02 Å². The lowest BCUT2D eigenvalue weighted by Gasteiger charge is -2.06. The van der Waals surface area contributed by atoms with Crippen LogP contribution in [0.3, 0.4) is 0 Å². The molecule has 1 heterocycles. The van der Waals surface area contributed by atoms with Crippen molar-refractivity contribution in [2.45, 2.75) is 26.9 Å². The van der Waals surface area contributed by atoms with Crippen molar-refractivity contribution in [3.63, 3.8) is 0 Å². The van der Waals surface area contributed by atoms with Crippen molar-refractivity contribution < 1.29 is 4.74 Å². The predicted molar refractivity (Wildman–Crippen MR) is 65.8 cm³/mol. The monoisotopic (exact) mass is 245 g/mol. The first kappa shape index (κ1) is 13.5. The summed E-state index contributed by atoms with van der Waals surface area (Å²) in [5.41, 5.74) is 1.79. The van der Waals surface area contributed by atoms with Gasteiger partial charge in [-0.2, -0.15) is 5.10 Å². The Morgan fingerprint density at radius 3 is 2.75 bits per heavy atom. The molecule has 0 amide bonds. The Hall–Kier alpha value is -0.580. The van der Waals surface area contributed by atoms with E-state index in [9.17, 15) is 0 Å². The van der Waals surface area contributed by atoms with Crippen LogP contribution in [-0.2, 0) is 18.4 Å². The van der Waals surface area contributed by atoms with Crippen LogP contribution >= 0.6 is 11.6 Å². The third-order valence-corrected chi connectivity index (χ3v) is 2.84. The number of hydrogen-bond acceptors (Lipinski definition) is 3. The third-order valence-electron chi connectivity index (χ3n) is 2.35. The highest BCUT2D eigenvalue weighted by atomic mass is 35.5. The molecule has 0 saturated carbocycles. The Bertz CT molecular complexity index is 325. The molecule has 0 radical (unpaired) electrons. The molecule has 0 fully saturated rings. The van der Waals surface area contributed by atoms with E-state index in [0.717, 1.165) is 30.9 Å². The molecule has 0 atom stereocenters. The Morgan fingerprint density at radius 1 is 1.44 bits per heavy atom. The van der Waals surface area contributed by atoms with Crippen molar-refractivity contribution in [3.05, 3.63) is 16.4 Å². The second-order valence-corrected chi connectivity index (χ2v) is 4.15. The molecule has 5 heteroatoms. The number of halogens is 1. The van der Waals surface area contributed by atoms with Crippen LogP contribution in [0.25, 0.3) is 0 Å². The summed E-state index contributed by atoms with van der Waals surface area (Å²) in [4.78, 5) is 0. The molecule has 1 N–H and O–H groups in total. The fraction of sp³-hybridized carbons (Fsp3) is 0.727. The van der Waals surface area contributed by atoms with Crippen LogP contribution in [0.5, 0.6) is 0 Å². The molecule has 16 heavy (non-hydrogen) atoms. The van der Waals surface area contributed by atoms with E-state index in [2.05, 4.69) is 17.3 Å². The van der Waals surface area contributed by atoms with E-state index in [4.69, 9.17) is 16.3 Å². The van der Waals surface area contributed by atoms with Crippen LogP contribution in [-0.4, -0.2) is 29.5 Å². The van der Waals surface area contributed by atoms with Gasteiger partial charge in [0.05, 0.1) is 29.6 Å². The highest BCUT2D eigenvalue weighted by molar-refractivity contribution is 6.31. The molecule has 1 aromatic heterocycles. The van der Waals surface area contributed by atoms with Gasteiger partial charge in [0, 0.05) is 13.6 Å². The lowest BCUT2D eigenvalue weighted by molar-refractivity contribution is 0.118. The molecular formula is C11H20ClN3O. The molecule has 0 aliphatic heterocycles. The number of aromatic nitrogens is 2. The molecule has 0 unspecified atom stereocenters. The minimum absolute atomic E-state index is 0.518. The molecular weight excluding hydrogens is 226 g/mol. The van der Waals surface area contributed by atoms with Crippen LogP contribution in [0.4, 0.5) is 0 Å².